The third-order valence-electron chi connectivity index (χ3n) is 6.12. The molecule has 3 aromatic heterocycles. The zero-order chi connectivity index (χ0) is 32.5. The summed E-state index contributed by atoms with van der Waals surface area (Å²) in [4.78, 5) is 44.0. The molecule has 19 heteroatoms. The van der Waals surface area contributed by atoms with E-state index in [1.807, 2.05) is 0 Å². The first-order valence-corrected chi connectivity index (χ1v) is 12.1. The van der Waals surface area contributed by atoms with E-state index in [4.69, 9.17) is 14.3 Å². The van der Waals surface area contributed by atoms with Crippen LogP contribution in [0.15, 0.2) is 35.2 Å². The van der Waals surface area contributed by atoms with E-state index in [0.717, 1.165) is 6.26 Å². The lowest BCUT2D eigenvalue weighted by atomic mass is 9.87. The van der Waals surface area contributed by atoms with Gasteiger partial charge in [0.05, 0.1) is 23.8 Å². The first kappa shape index (κ1) is 32.8. The zero-order valence-corrected chi connectivity index (χ0v) is 22.8. The topological polar surface area (TPSA) is 176 Å². The normalized spacial score (nSPS) is 18.2. The Morgan fingerprint density at radius 2 is 1.81 bits per heavy atom. The highest BCUT2D eigenvalue weighted by atomic mass is 19.4. The summed E-state index contributed by atoms with van der Waals surface area (Å²) in [5, 5.41) is 26.8. The predicted molar refractivity (Wildman–Crippen MR) is 136 cm³/mol. The number of carboxylic acids is 1. The monoisotopic (exact) mass is 621 g/mol. The largest absolute Gasteiger partial charge is 0.490 e. The number of aliphatic carboxylic acids is 1. The lowest BCUT2D eigenvalue weighted by molar-refractivity contribution is -0.192. The highest BCUT2D eigenvalue weighted by molar-refractivity contribution is 6.08. The second kappa shape index (κ2) is 11.9. The third-order valence-corrected chi connectivity index (χ3v) is 6.12. The van der Waals surface area contributed by atoms with Crippen molar-refractivity contribution in [2.45, 2.75) is 45.3 Å². The number of rotatable bonds is 6. The van der Waals surface area contributed by atoms with E-state index < -0.39 is 48.3 Å². The Morgan fingerprint density at radius 3 is 2.35 bits per heavy atom. The van der Waals surface area contributed by atoms with Crippen LogP contribution in [0.25, 0.3) is 11.5 Å². The number of aliphatic hydroxyl groups is 1. The number of hydrogen-bond acceptors (Lipinski definition) is 9. The highest BCUT2D eigenvalue weighted by Gasteiger charge is 2.53. The molecule has 4 rings (SSSR count). The molecule has 2 atom stereocenters. The summed E-state index contributed by atoms with van der Waals surface area (Å²) in [6, 6.07) is 2.20. The maximum Gasteiger partial charge on any atom is 0.490 e. The van der Waals surface area contributed by atoms with Crippen molar-refractivity contribution in [2.75, 3.05) is 22.1 Å². The van der Waals surface area contributed by atoms with Crippen LogP contribution in [0.1, 0.15) is 31.3 Å². The van der Waals surface area contributed by atoms with E-state index in [2.05, 4.69) is 25.7 Å². The number of aromatic nitrogens is 4. The van der Waals surface area contributed by atoms with Gasteiger partial charge in [0, 0.05) is 18.8 Å². The molecule has 2 amide bonds. The van der Waals surface area contributed by atoms with Crippen molar-refractivity contribution in [1.29, 1.82) is 0 Å². The van der Waals surface area contributed by atoms with Gasteiger partial charge in [0.1, 0.15) is 24.3 Å². The van der Waals surface area contributed by atoms with Crippen molar-refractivity contribution in [3.05, 3.63) is 36.5 Å². The first-order valence-electron chi connectivity index (χ1n) is 12.1. The molecule has 3 aromatic rings. The number of aryl methyl sites for hydroxylation is 1. The maximum atomic E-state index is 13.0. The molecule has 1 aliphatic heterocycles. The van der Waals surface area contributed by atoms with Crippen LogP contribution in [0.5, 0.6) is 0 Å². The summed E-state index contributed by atoms with van der Waals surface area (Å²) in [5.74, 6) is -3.63. The van der Waals surface area contributed by atoms with E-state index >= 15 is 0 Å². The number of pyridine rings is 1. The highest BCUT2D eigenvalue weighted by Crippen LogP contribution is 2.40. The molecule has 4 heterocycles. The van der Waals surface area contributed by atoms with Crippen molar-refractivity contribution >= 4 is 35.1 Å². The average molecular weight is 621 g/mol. The number of aliphatic hydroxyl groups excluding tert-OH is 1. The van der Waals surface area contributed by atoms with E-state index in [1.54, 1.807) is 27.8 Å². The predicted octanol–water partition coefficient (Wildman–Crippen LogP) is 3.45. The van der Waals surface area contributed by atoms with Gasteiger partial charge in [0.15, 0.2) is 11.5 Å². The molecule has 43 heavy (non-hydrogen) atoms. The van der Waals surface area contributed by atoms with Crippen molar-refractivity contribution < 1.29 is 55.4 Å². The Balaban J connectivity index is 0.000000646. The number of anilines is 3. The summed E-state index contributed by atoms with van der Waals surface area (Å²) in [7, 11) is 1.62. The standard InChI is InChI=1S/C22H24F3N7O4.C2HF3O2/c1-11-16(33)21(2,3)20(35)32(11)17-13(8-31(4)30-17)28-18(34)14-9-36-19(29-14)12-5-6-26-15(7-12)27-10-22(23,24)25;3-2(4,5)1(6)7/h5-9,11,16,33H,10H2,1-4H3,(H,26,27)(H,28,34);(H,6,7)/t11-,16?;/m0./s1. The fourth-order valence-electron chi connectivity index (χ4n) is 3.95. The molecule has 4 N–H and O–H groups in total. The number of nitrogens with zero attached hydrogens (tertiary/aromatic N) is 5. The lowest BCUT2D eigenvalue weighted by Crippen LogP contribution is -2.35. The molecule has 1 aliphatic rings. The van der Waals surface area contributed by atoms with Crippen LogP contribution in [0.3, 0.4) is 0 Å². The van der Waals surface area contributed by atoms with Crippen LogP contribution in [-0.2, 0) is 16.6 Å². The van der Waals surface area contributed by atoms with Gasteiger partial charge in [-0.25, -0.2) is 14.8 Å². The van der Waals surface area contributed by atoms with Crippen molar-refractivity contribution in [3.63, 3.8) is 0 Å². The number of halogens is 6. The molecule has 0 saturated carbocycles. The van der Waals surface area contributed by atoms with Gasteiger partial charge in [-0.2, -0.15) is 31.4 Å². The molecule has 0 bridgehead atoms. The zero-order valence-electron chi connectivity index (χ0n) is 22.8. The van der Waals surface area contributed by atoms with Crippen molar-refractivity contribution in [2.24, 2.45) is 12.5 Å². The van der Waals surface area contributed by atoms with Crippen LogP contribution in [0.2, 0.25) is 0 Å². The first-order chi connectivity index (χ1) is 19.7. The minimum atomic E-state index is -5.08. The van der Waals surface area contributed by atoms with Crippen LogP contribution in [-0.4, -0.2) is 78.8 Å². The van der Waals surface area contributed by atoms with Crippen LogP contribution < -0.4 is 15.5 Å². The summed E-state index contributed by atoms with van der Waals surface area (Å²) in [6.45, 7) is 3.70. The average Bonchev–Trinajstić information content (AvgIpc) is 3.57. The Bertz CT molecular complexity index is 1500. The molecule has 0 spiro atoms. The van der Waals surface area contributed by atoms with Crippen molar-refractivity contribution in [1.82, 2.24) is 19.7 Å². The summed E-state index contributed by atoms with van der Waals surface area (Å²) < 4.78 is 75.9. The third kappa shape index (κ3) is 7.59. The van der Waals surface area contributed by atoms with Gasteiger partial charge >= 0.3 is 18.3 Å². The molecular weight excluding hydrogens is 596 g/mol. The van der Waals surface area contributed by atoms with Gasteiger partial charge in [0.2, 0.25) is 11.8 Å². The Morgan fingerprint density at radius 1 is 1.19 bits per heavy atom. The summed E-state index contributed by atoms with van der Waals surface area (Å²) in [6.07, 6.45) is -6.55. The number of carbonyl (C=O) groups is 3. The molecule has 234 valence electrons. The van der Waals surface area contributed by atoms with Gasteiger partial charge in [0.25, 0.3) is 5.91 Å². The second-order valence-corrected chi connectivity index (χ2v) is 9.82. The molecule has 0 aromatic carbocycles. The number of hydrogen-bond donors (Lipinski definition) is 4. The SMILES string of the molecule is C[C@H]1C(O)C(C)(C)C(=O)N1c1nn(C)cc1NC(=O)c1coc(-c2ccnc(NCC(F)(F)F)c2)n1.O=C(O)C(F)(F)F. The Labute approximate surface area is 238 Å². The van der Waals surface area contributed by atoms with E-state index in [-0.39, 0.29) is 34.8 Å². The molecular formula is C24H25F6N7O6. The Hall–Kier alpha value is -4.68. The van der Waals surface area contributed by atoms with Crippen LogP contribution >= 0.6 is 0 Å². The molecule has 1 unspecified atom stereocenters. The molecule has 0 aliphatic carbocycles. The molecule has 1 fully saturated rings. The number of amides is 2. The molecule has 0 radical (unpaired) electrons. The summed E-state index contributed by atoms with van der Waals surface area (Å²) in [5.41, 5.74) is -0.608. The van der Waals surface area contributed by atoms with Crippen LogP contribution in [0.4, 0.5) is 43.7 Å². The fourth-order valence-corrected chi connectivity index (χ4v) is 3.95. The number of alkyl halides is 6. The fraction of sp³-hybridized carbons (Fsp3) is 0.417. The van der Waals surface area contributed by atoms with E-state index in [0.29, 0.717) is 5.56 Å². The smallest absolute Gasteiger partial charge is 0.475 e. The van der Waals surface area contributed by atoms with Crippen molar-refractivity contribution in [3.8, 4) is 11.5 Å². The second-order valence-electron chi connectivity index (χ2n) is 9.82. The summed E-state index contributed by atoms with van der Waals surface area (Å²) >= 11 is 0. The maximum absolute atomic E-state index is 13.0. The van der Waals surface area contributed by atoms with Gasteiger partial charge in [-0.3, -0.25) is 19.2 Å². The molecule has 1 saturated heterocycles. The van der Waals surface area contributed by atoms with Crippen LogP contribution in [0, 0.1) is 5.41 Å². The number of carboxylic acid groups (broad SMARTS) is 1. The quantitative estimate of drug-likeness (QED) is 0.298. The number of oxazole rings is 1. The van der Waals surface area contributed by atoms with Gasteiger partial charge < -0.3 is 25.3 Å². The number of carbonyl (C=O) groups excluding carboxylic acids is 2. The lowest BCUT2D eigenvalue weighted by Gasteiger charge is -2.21. The van der Waals surface area contributed by atoms with E-state index in [1.165, 1.54) is 34.1 Å². The van der Waals surface area contributed by atoms with E-state index in [9.17, 15) is 41.0 Å². The Kier molecular flexibility index (Phi) is 9.09. The van der Waals surface area contributed by atoms with Gasteiger partial charge in [-0.05, 0) is 32.9 Å². The van der Waals surface area contributed by atoms with Gasteiger partial charge in [-0.1, -0.05) is 0 Å². The van der Waals surface area contributed by atoms with Gasteiger partial charge in [-0.15, -0.1) is 0 Å². The molecule has 13 nitrogen and oxygen atoms in total. The minimum absolute atomic E-state index is 0.00256. The minimum Gasteiger partial charge on any atom is -0.475 e. The number of nitrogens with one attached hydrogen (secondary N) is 2.